The molecule has 0 aliphatic rings. The Morgan fingerprint density at radius 2 is 2.23 bits per heavy atom. The molecule has 0 bridgehead atoms. The van der Waals surface area contributed by atoms with Crippen LogP contribution in [0.5, 0.6) is 0 Å². The summed E-state index contributed by atoms with van der Waals surface area (Å²) in [5.41, 5.74) is 0.355. The second kappa shape index (κ2) is 4.41. The third-order valence-corrected chi connectivity index (χ3v) is 1.70. The van der Waals surface area contributed by atoms with Crippen molar-refractivity contribution < 1.29 is 0 Å². The lowest BCUT2D eigenvalue weighted by Gasteiger charge is -2.15. The average Bonchev–Trinajstić information content (AvgIpc) is 2.18. The maximum Gasteiger partial charge on any atom is 0.158 e. The Labute approximate surface area is 77.8 Å². The van der Waals surface area contributed by atoms with Crippen LogP contribution in [0.3, 0.4) is 0 Å². The predicted octanol–water partition coefficient (Wildman–Crippen LogP) is 1.19. The maximum absolute atomic E-state index is 8.50. The number of anilines is 1. The molecule has 0 saturated heterocycles. The minimum atomic E-state index is 0.355. The van der Waals surface area contributed by atoms with Crippen LogP contribution in [0, 0.1) is 11.3 Å². The van der Waals surface area contributed by atoms with Crippen molar-refractivity contribution in [2.75, 3.05) is 18.5 Å². The fourth-order valence-corrected chi connectivity index (χ4v) is 1.03. The second-order valence-corrected chi connectivity index (χ2v) is 2.79. The van der Waals surface area contributed by atoms with E-state index in [4.69, 9.17) is 5.26 Å². The van der Waals surface area contributed by atoms with Crippen molar-refractivity contribution >= 4 is 5.82 Å². The van der Waals surface area contributed by atoms with E-state index in [1.54, 1.807) is 6.20 Å². The highest BCUT2D eigenvalue weighted by atomic mass is 15.2. The number of nitrogens with zero attached hydrogens (tertiary/aromatic N) is 4. The molecule has 0 spiro atoms. The molecule has 4 nitrogen and oxygen atoms in total. The molecule has 0 aliphatic carbocycles. The first-order valence-electron chi connectivity index (χ1n) is 4.21. The third kappa shape index (κ3) is 2.41. The number of nitriles is 1. The Kier molecular flexibility index (Phi) is 3.21. The molecule has 1 heterocycles. The van der Waals surface area contributed by atoms with E-state index in [1.165, 1.54) is 6.20 Å². The Morgan fingerprint density at radius 1 is 1.46 bits per heavy atom. The van der Waals surface area contributed by atoms with Gasteiger partial charge in [0, 0.05) is 13.6 Å². The van der Waals surface area contributed by atoms with E-state index in [0.29, 0.717) is 5.69 Å². The largest absolute Gasteiger partial charge is 0.358 e. The molecule has 0 amide bonds. The summed E-state index contributed by atoms with van der Waals surface area (Å²) in [4.78, 5) is 10.1. The first-order valence-corrected chi connectivity index (χ1v) is 4.21. The van der Waals surface area contributed by atoms with Gasteiger partial charge in [0.25, 0.3) is 0 Å². The third-order valence-electron chi connectivity index (χ3n) is 1.70. The summed E-state index contributed by atoms with van der Waals surface area (Å²) in [5, 5.41) is 8.50. The van der Waals surface area contributed by atoms with Gasteiger partial charge in [-0.15, -0.1) is 0 Å². The van der Waals surface area contributed by atoms with Crippen LogP contribution >= 0.6 is 0 Å². The van der Waals surface area contributed by atoms with Crippen LogP contribution < -0.4 is 4.90 Å². The zero-order chi connectivity index (χ0) is 9.68. The van der Waals surface area contributed by atoms with Gasteiger partial charge >= 0.3 is 0 Å². The van der Waals surface area contributed by atoms with E-state index >= 15 is 0 Å². The molecule has 13 heavy (non-hydrogen) atoms. The molecule has 0 saturated carbocycles. The predicted molar refractivity (Wildman–Crippen MR) is 50.3 cm³/mol. The molecule has 1 aromatic heterocycles. The van der Waals surface area contributed by atoms with Crippen molar-refractivity contribution in [3.05, 3.63) is 18.1 Å². The van der Waals surface area contributed by atoms with Gasteiger partial charge < -0.3 is 4.90 Å². The summed E-state index contributed by atoms with van der Waals surface area (Å²) in [6.07, 6.45) is 4.17. The number of hydrogen-bond donors (Lipinski definition) is 0. The van der Waals surface area contributed by atoms with Gasteiger partial charge in [-0.3, -0.25) is 0 Å². The van der Waals surface area contributed by atoms with Gasteiger partial charge in [-0.25, -0.2) is 9.97 Å². The summed E-state index contributed by atoms with van der Waals surface area (Å²) in [5.74, 6) is 0.806. The highest BCUT2D eigenvalue weighted by Gasteiger charge is 2.00. The van der Waals surface area contributed by atoms with Crippen LogP contribution in [0.1, 0.15) is 19.0 Å². The molecule has 1 aromatic rings. The molecule has 0 N–H and O–H groups in total. The average molecular weight is 176 g/mol. The van der Waals surface area contributed by atoms with Crippen LogP contribution in [-0.2, 0) is 0 Å². The van der Waals surface area contributed by atoms with E-state index in [2.05, 4.69) is 16.9 Å². The van der Waals surface area contributed by atoms with Crippen LogP contribution in [0.15, 0.2) is 12.4 Å². The first-order chi connectivity index (χ1) is 6.27. The highest BCUT2D eigenvalue weighted by Crippen LogP contribution is 2.06. The quantitative estimate of drug-likeness (QED) is 0.694. The van der Waals surface area contributed by atoms with Gasteiger partial charge in [0.15, 0.2) is 5.69 Å². The molecule has 4 heteroatoms. The monoisotopic (exact) mass is 176 g/mol. The highest BCUT2D eigenvalue weighted by molar-refractivity contribution is 5.35. The fourth-order valence-electron chi connectivity index (χ4n) is 1.03. The van der Waals surface area contributed by atoms with Gasteiger partial charge in [-0.1, -0.05) is 6.92 Å². The van der Waals surface area contributed by atoms with Gasteiger partial charge in [0.05, 0.1) is 12.4 Å². The Hall–Kier alpha value is -1.63. The number of rotatable bonds is 3. The molecule has 0 aromatic carbocycles. The molecular weight excluding hydrogens is 164 g/mol. The Balaban J connectivity index is 2.75. The van der Waals surface area contributed by atoms with E-state index in [9.17, 15) is 0 Å². The van der Waals surface area contributed by atoms with E-state index in [1.807, 2.05) is 18.0 Å². The molecule has 1 rings (SSSR count). The van der Waals surface area contributed by atoms with Crippen LogP contribution in [0.4, 0.5) is 5.82 Å². The lowest BCUT2D eigenvalue weighted by atomic mass is 10.4. The normalized spacial score (nSPS) is 9.31. The van der Waals surface area contributed by atoms with E-state index < -0.39 is 0 Å². The van der Waals surface area contributed by atoms with Crippen molar-refractivity contribution in [2.45, 2.75) is 13.3 Å². The van der Waals surface area contributed by atoms with Gasteiger partial charge in [-0.2, -0.15) is 5.26 Å². The Morgan fingerprint density at radius 3 is 2.69 bits per heavy atom. The number of hydrogen-bond acceptors (Lipinski definition) is 4. The van der Waals surface area contributed by atoms with Crippen LogP contribution in [-0.4, -0.2) is 23.6 Å². The maximum atomic E-state index is 8.50. The molecule has 0 aliphatic heterocycles. The summed E-state index contributed by atoms with van der Waals surface area (Å²) in [6.45, 7) is 3.05. The van der Waals surface area contributed by atoms with Crippen LogP contribution in [0.2, 0.25) is 0 Å². The van der Waals surface area contributed by atoms with Crippen molar-refractivity contribution in [3.8, 4) is 6.07 Å². The zero-order valence-electron chi connectivity index (χ0n) is 7.86. The van der Waals surface area contributed by atoms with Crippen LogP contribution in [0.25, 0.3) is 0 Å². The van der Waals surface area contributed by atoms with Gasteiger partial charge in [-0.05, 0) is 6.42 Å². The summed E-state index contributed by atoms with van der Waals surface area (Å²) < 4.78 is 0. The smallest absolute Gasteiger partial charge is 0.158 e. The SMILES string of the molecule is CCCN(C)c1cnc(C#N)cn1. The minimum Gasteiger partial charge on any atom is -0.358 e. The molecular formula is C9H12N4. The van der Waals surface area contributed by atoms with E-state index in [0.717, 1.165) is 18.8 Å². The van der Waals surface area contributed by atoms with Crippen molar-refractivity contribution in [2.24, 2.45) is 0 Å². The van der Waals surface area contributed by atoms with Crippen molar-refractivity contribution in [1.29, 1.82) is 5.26 Å². The van der Waals surface area contributed by atoms with E-state index in [-0.39, 0.29) is 0 Å². The van der Waals surface area contributed by atoms with Crippen molar-refractivity contribution in [1.82, 2.24) is 9.97 Å². The van der Waals surface area contributed by atoms with Gasteiger partial charge in [0.1, 0.15) is 11.9 Å². The number of aromatic nitrogens is 2. The topological polar surface area (TPSA) is 52.8 Å². The first kappa shape index (κ1) is 9.46. The summed E-state index contributed by atoms with van der Waals surface area (Å²) >= 11 is 0. The summed E-state index contributed by atoms with van der Waals surface area (Å²) in [7, 11) is 1.96. The molecule has 0 radical (unpaired) electrons. The summed E-state index contributed by atoms with van der Waals surface area (Å²) in [6, 6.07) is 1.93. The lowest BCUT2D eigenvalue weighted by Crippen LogP contribution is -2.19. The lowest BCUT2D eigenvalue weighted by molar-refractivity contribution is 0.833. The zero-order valence-corrected chi connectivity index (χ0v) is 7.86. The van der Waals surface area contributed by atoms with Crippen molar-refractivity contribution in [3.63, 3.8) is 0 Å². The van der Waals surface area contributed by atoms with Gasteiger partial charge in [0.2, 0.25) is 0 Å². The molecule has 0 fully saturated rings. The molecule has 0 atom stereocenters. The molecule has 0 unspecified atom stereocenters. The second-order valence-electron chi connectivity index (χ2n) is 2.79. The fraction of sp³-hybridized carbons (Fsp3) is 0.444. The standard InChI is InChI=1S/C9H12N4/c1-3-4-13(2)9-7-11-8(5-10)6-12-9/h6-7H,3-4H2,1-2H3. The minimum absolute atomic E-state index is 0.355. The molecule has 68 valence electrons. The Bertz CT molecular complexity index is 298.